The number of nitrogens with zero attached hydrogens (tertiary/aromatic N) is 2. The molecule has 0 radical (unpaired) electrons. The van der Waals surface area contributed by atoms with Crippen LogP contribution < -0.4 is 0 Å². The number of aryl methyl sites for hydroxylation is 4. The second-order valence-corrected chi connectivity index (χ2v) is 11.7. The molecule has 0 fully saturated rings. The van der Waals surface area contributed by atoms with Crippen molar-refractivity contribution in [3.05, 3.63) is 85.5 Å². The molecule has 0 unspecified atom stereocenters. The zero-order valence-corrected chi connectivity index (χ0v) is 29.9. The van der Waals surface area contributed by atoms with Gasteiger partial charge in [0.05, 0.1) is 0 Å². The quantitative estimate of drug-likeness (QED) is 0.138. The molecule has 4 nitrogen and oxygen atoms in total. The fourth-order valence-corrected chi connectivity index (χ4v) is 5.57. The summed E-state index contributed by atoms with van der Waals surface area (Å²) in [7, 11) is 0. The molecule has 0 saturated heterocycles. The molecule has 1 heterocycles. The maximum atomic E-state index is 11.9. The van der Waals surface area contributed by atoms with E-state index in [0.29, 0.717) is 0 Å². The summed E-state index contributed by atoms with van der Waals surface area (Å²) in [6.45, 7) is 21.5. The molecule has 5 heteroatoms. The van der Waals surface area contributed by atoms with E-state index < -0.39 is 0 Å². The molecular formula is C38H60N2NiO2. The van der Waals surface area contributed by atoms with Crippen LogP contribution in [0.3, 0.4) is 0 Å². The van der Waals surface area contributed by atoms with Gasteiger partial charge in [-0.05, 0) is 139 Å². The van der Waals surface area contributed by atoms with Crippen LogP contribution in [-0.4, -0.2) is 28.1 Å². The van der Waals surface area contributed by atoms with E-state index in [1.807, 2.05) is 0 Å². The summed E-state index contributed by atoms with van der Waals surface area (Å²) in [5.41, 5.74) is 26.7. The monoisotopic (exact) mass is 634 g/mol. The molecule has 244 valence electrons. The number of aliphatic hydroxyl groups is 2. The van der Waals surface area contributed by atoms with Crippen molar-refractivity contribution in [3.8, 4) is 0 Å². The van der Waals surface area contributed by atoms with Gasteiger partial charge < -0.3 is 15.7 Å². The van der Waals surface area contributed by atoms with E-state index in [1.54, 1.807) is 18.5 Å². The number of benzene rings is 2. The Morgan fingerprint density at radius 2 is 0.837 bits per heavy atom. The third kappa shape index (κ3) is 11.7. The number of allylic oxidation sites excluding steroid dienone is 2. The Kier molecular flexibility index (Phi) is 20.6. The molecule has 0 aromatic heterocycles. The van der Waals surface area contributed by atoms with Crippen LogP contribution in [-0.2, 0) is 16.5 Å². The fraction of sp³-hybridized carbons (Fsp3) is 0.579. The standard InChI is InChI=1S/C34H48N2.2C2H6O.Ni/c1-9-11-13-14-15-16-18-32-31(17-12-10-2)33(29-19-23(3)27(7)24(4)20-29)36(35)34(32)30-21-25(5)28(8)26(6)22-30;2*1-2-3;/h19-22H,9-18H2,1-8H3;2*3H,2H2,1H3;. The van der Waals surface area contributed by atoms with Crippen LogP contribution >= 0.6 is 0 Å². The fourth-order valence-electron chi connectivity index (χ4n) is 5.57. The molecule has 1 aliphatic rings. The van der Waals surface area contributed by atoms with Crippen molar-refractivity contribution in [1.82, 2.24) is 0 Å². The van der Waals surface area contributed by atoms with Crippen LogP contribution in [0, 0.1) is 41.5 Å². The number of hydrogen-bond acceptors (Lipinski definition) is 2. The summed E-state index contributed by atoms with van der Waals surface area (Å²) in [5.74, 6) is 0. The number of hydrogen-bond donors (Lipinski definition) is 2. The topological polar surface area (TPSA) is 65.8 Å². The molecule has 0 spiro atoms. The summed E-state index contributed by atoms with van der Waals surface area (Å²) < 4.78 is 1.55. The van der Waals surface area contributed by atoms with E-state index in [4.69, 9.17) is 10.2 Å². The second-order valence-electron chi connectivity index (χ2n) is 11.7. The maximum Gasteiger partial charge on any atom is 0.211 e. The molecule has 0 aliphatic carbocycles. The van der Waals surface area contributed by atoms with Crippen LogP contribution in [0.5, 0.6) is 0 Å². The smallest absolute Gasteiger partial charge is 0.211 e. The van der Waals surface area contributed by atoms with Crippen LogP contribution in [0.1, 0.15) is 136 Å². The molecule has 2 aromatic rings. The molecule has 3 rings (SSSR count). The van der Waals surface area contributed by atoms with Gasteiger partial charge in [-0.3, -0.25) is 0 Å². The number of unbranched alkanes of at least 4 members (excludes halogenated alkanes) is 6. The first-order valence-electron chi connectivity index (χ1n) is 16.4. The molecule has 0 saturated carbocycles. The van der Waals surface area contributed by atoms with Crippen molar-refractivity contribution >= 4 is 11.4 Å². The number of aliphatic hydroxyl groups excluding tert-OH is 2. The summed E-state index contributed by atoms with van der Waals surface area (Å²) >= 11 is 0. The van der Waals surface area contributed by atoms with Gasteiger partial charge in [0.25, 0.3) is 0 Å². The van der Waals surface area contributed by atoms with Gasteiger partial charge in [-0.1, -0.05) is 52.4 Å². The predicted octanol–water partition coefficient (Wildman–Crippen LogP) is 10.6. The van der Waals surface area contributed by atoms with E-state index >= 15 is 0 Å². The van der Waals surface area contributed by atoms with E-state index in [1.165, 1.54) is 83.1 Å². The van der Waals surface area contributed by atoms with Crippen molar-refractivity contribution in [2.75, 3.05) is 13.2 Å². The zero-order chi connectivity index (χ0) is 31.8. The third-order valence-corrected chi connectivity index (χ3v) is 8.32. The van der Waals surface area contributed by atoms with Crippen molar-refractivity contribution in [3.63, 3.8) is 0 Å². The zero-order valence-electron chi connectivity index (χ0n) is 28.9. The van der Waals surface area contributed by atoms with Crippen LogP contribution in [0.2, 0.25) is 0 Å². The van der Waals surface area contributed by atoms with Gasteiger partial charge in [-0.25, -0.2) is 4.70 Å². The maximum absolute atomic E-state index is 11.9. The summed E-state index contributed by atoms with van der Waals surface area (Å²) in [6, 6.07) is 9.08. The average Bonchev–Trinajstić information content (AvgIpc) is 3.22. The van der Waals surface area contributed by atoms with Gasteiger partial charge in [-0.15, -0.1) is 0 Å². The summed E-state index contributed by atoms with van der Waals surface area (Å²) in [5, 5.41) is 15.1. The van der Waals surface area contributed by atoms with Gasteiger partial charge in [0, 0.05) is 52.0 Å². The minimum atomic E-state index is 0. The molecule has 0 bridgehead atoms. The van der Waals surface area contributed by atoms with Crippen LogP contribution in [0.4, 0.5) is 0 Å². The van der Waals surface area contributed by atoms with Crippen molar-refractivity contribution in [2.24, 2.45) is 0 Å². The van der Waals surface area contributed by atoms with Gasteiger partial charge in [0.1, 0.15) is 0 Å². The molecule has 0 atom stereocenters. The Bertz CT molecular complexity index is 1180. The van der Waals surface area contributed by atoms with Gasteiger partial charge in [0.2, 0.25) is 11.4 Å². The molecular weight excluding hydrogens is 575 g/mol. The van der Waals surface area contributed by atoms with Gasteiger partial charge in [-0.2, -0.15) is 0 Å². The average molecular weight is 636 g/mol. The second kappa shape index (κ2) is 21.6. The Morgan fingerprint density at radius 1 is 0.535 bits per heavy atom. The molecule has 2 aromatic carbocycles. The van der Waals surface area contributed by atoms with Gasteiger partial charge >= 0.3 is 0 Å². The Labute approximate surface area is 274 Å². The first kappa shape index (κ1) is 40.9. The Balaban J connectivity index is 0.00000232. The molecule has 2 N–H and O–H groups in total. The van der Waals surface area contributed by atoms with Crippen molar-refractivity contribution in [2.45, 2.75) is 133 Å². The van der Waals surface area contributed by atoms with E-state index in [0.717, 1.165) is 48.2 Å². The van der Waals surface area contributed by atoms with Crippen LogP contribution in [0.15, 0.2) is 35.4 Å². The SMILES string of the molecule is CCCCCCCCC1=C(c2cc(C)c(C)c(C)c2)[N+](=[N-])C(c2cc(C)c(C)c(C)c2)=C1CCCC.CCO.CCO.[Ni]. The van der Waals surface area contributed by atoms with Gasteiger partial charge in [0.15, 0.2) is 0 Å². The van der Waals surface area contributed by atoms with E-state index in [-0.39, 0.29) is 29.7 Å². The summed E-state index contributed by atoms with van der Waals surface area (Å²) in [4.78, 5) is 0. The summed E-state index contributed by atoms with van der Waals surface area (Å²) in [6.07, 6.45) is 12.0. The third-order valence-electron chi connectivity index (χ3n) is 8.32. The first-order valence-corrected chi connectivity index (χ1v) is 16.4. The van der Waals surface area contributed by atoms with E-state index in [9.17, 15) is 5.53 Å². The largest absolute Gasteiger partial charge is 0.493 e. The molecule has 43 heavy (non-hydrogen) atoms. The minimum Gasteiger partial charge on any atom is -0.493 e. The molecule has 0 amide bonds. The normalized spacial score (nSPS) is 12.5. The van der Waals surface area contributed by atoms with Crippen molar-refractivity contribution in [1.29, 1.82) is 0 Å². The number of rotatable bonds is 12. The Morgan fingerprint density at radius 3 is 1.19 bits per heavy atom. The first-order chi connectivity index (χ1) is 20.0. The minimum absolute atomic E-state index is 0. The molecule has 1 aliphatic heterocycles. The van der Waals surface area contributed by atoms with E-state index in [2.05, 4.69) is 79.7 Å². The Hall–Kier alpha value is -2.07. The van der Waals surface area contributed by atoms with Crippen LogP contribution in [0.25, 0.3) is 16.9 Å². The predicted molar refractivity (Wildman–Crippen MR) is 182 cm³/mol. The van der Waals surface area contributed by atoms with Crippen molar-refractivity contribution < 1.29 is 31.4 Å².